The molecule has 1 aliphatic heterocycles. The third-order valence-electron chi connectivity index (χ3n) is 4.22. The van der Waals surface area contributed by atoms with Gasteiger partial charge in [0.25, 0.3) is 0 Å². The number of benzene rings is 1. The maximum absolute atomic E-state index is 13.1. The van der Waals surface area contributed by atoms with Gasteiger partial charge in [-0.1, -0.05) is 11.6 Å². The van der Waals surface area contributed by atoms with E-state index < -0.39 is 5.82 Å². The van der Waals surface area contributed by atoms with E-state index in [0.29, 0.717) is 23.8 Å². The van der Waals surface area contributed by atoms with Gasteiger partial charge in [0.2, 0.25) is 11.8 Å². The van der Waals surface area contributed by atoms with Crippen LogP contribution in [0.3, 0.4) is 0 Å². The Morgan fingerprint density at radius 3 is 2.71 bits per heavy atom. The van der Waals surface area contributed by atoms with Crippen LogP contribution in [0.25, 0.3) is 0 Å². The molecule has 0 aliphatic carbocycles. The predicted molar refractivity (Wildman–Crippen MR) is 97.0 cm³/mol. The molecule has 1 aromatic carbocycles. The van der Waals surface area contributed by atoms with Crippen LogP contribution in [0.1, 0.15) is 25.7 Å². The van der Waals surface area contributed by atoms with Crippen LogP contribution in [0, 0.1) is 11.7 Å². The van der Waals surface area contributed by atoms with E-state index in [-0.39, 0.29) is 16.8 Å². The van der Waals surface area contributed by atoms with Crippen LogP contribution in [-0.4, -0.2) is 41.8 Å². The van der Waals surface area contributed by atoms with Crippen molar-refractivity contribution in [2.24, 2.45) is 5.92 Å². The van der Waals surface area contributed by atoms with Crippen molar-refractivity contribution >= 4 is 40.9 Å². The lowest BCUT2D eigenvalue weighted by Crippen LogP contribution is -2.39. The summed E-state index contributed by atoms with van der Waals surface area (Å²) in [6.07, 6.45) is 5.02. The van der Waals surface area contributed by atoms with E-state index in [1.807, 2.05) is 11.2 Å². The molecule has 1 saturated heterocycles. The number of nitrogens with one attached hydrogen (secondary N) is 1. The van der Waals surface area contributed by atoms with Gasteiger partial charge < -0.3 is 10.2 Å². The Balaban J connectivity index is 1.71. The zero-order valence-corrected chi connectivity index (χ0v) is 15.3. The number of thioether (sulfide) groups is 1. The molecule has 2 rings (SSSR count). The summed E-state index contributed by atoms with van der Waals surface area (Å²) in [4.78, 5) is 25.7. The average molecular weight is 373 g/mol. The van der Waals surface area contributed by atoms with Crippen molar-refractivity contribution < 1.29 is 14.0 Å². The molecule has 0 bridgehead atoms. The molecule has 0 saturated carbocycles. The first-order valence-electron chi connectivity index (χ1n) is 8.01. The Labute approximate surface area is 151 Å². The average Bonchev–Trinajstić information content (AvgIpc) is 2.57. The van der Waals surface area contributed by atoms with E-state index in [9.17, 15) is 14.0 Å². The van der Waals surface area contributed by atoms with Gasteiger partial charge >= 0.3 is 0 Å². The summed E-state index contributed by atoms with van der Waals surface area (Å²) >= 11 is 7.24. The van der Waals surface area contributed by atoms with Crippen LogP contribution < -0.4 is 5.32 Å². The van der Waals surface area contributed by atoms with Crippen LogP contribution >= 0.6 is 23.4 Å². The molecule has 0 unspecified atom stereocenters. The van der Waals surface area contributed by atoms with Crippen LogP contribution in [0.5, 0.6) is 0 Å². The number of nitrogens with zero attached hydrogens (tertiary/aromatic N) is 1. The number of hydrogen-bond acceptors (Lipinski definition) is 3. The van der Waals surface area contributed by atoms with E-state index in [1.165, 1.54) is 18.2 Å². The fourth-order valence-corrected chi connectivity index (χ4v) is 3.43. The van der Waals surface area contributed by atoms with Crippen molar-refractivity contribution in [2.45, 2.75) is 25.7 Å². The van der Waals surface area contributed by atoms with Gasteiger partial charge in [0.1, 0.15) is 5.82 Å². The lowest BCUT2D eigenvalue weighted by molar-refractivity contribution is -0.130. The first kappa shape index (κ1) is 19.1. The van der Waals surface area contributed by atoms with Crippen molar-refractivity contribution in [2.75, 3.05) is 30.4 Å². The summed E-state index contributed by atoms with van der Waals surface area (Å²) in [6, 6.07) is 4.14. The molecule has 4 nitrogen and oxygen atoms in total. The maximum Gasteiger partial charge on any atom is 0.232 e. The Morgan fingerprint density at radius 2 is 2.08 bits per heavy atom. The molecule has 0 atom stereocenters. The Hall–Kier alpha value is -1.27. The lowest BCUT2D eigenvalue weighted by Gasteiger charge is -2.31. The van der Waals surface area contributed by atoms with E-state index in [0.717, 1.165) is 32.4 Å². The Bertz CT molecular complexity index is 592. The number of rotatable bonds is 6. The standard InChI is InChI=1S/C17H22ClFN2O2S/c1-24-11-17(23)21-8-6-12(7-9-21)2-5-16(22)20-13-3-4-15(19)14(18)10-13/h3-4,10,12H,2,5-9,11H2,1H3,(H,20,22). The minimum absolute atomic E-state index is 0.00455. The summed E-state index contributed by atoms with van der Waals surface area (Å²) in [5, 5.41) is 2.73. The Kier molecular flexibility index (Phi) is 7.37. The summed E-state index contributed by atoms with van der Waals surface area (Å²) in [7, 11) is 0. The largest absolute Gasteiger partial charge is 0.342 e. The summed E-state index contributed by atoms with van der Waals surface area (Å²) in [6.45, 7) is 1.55. The number of hydrogen-bond donors (Lipinski definition) is 1. The number of likely N-dealkylation sites (tertiary alicyclic amines) is 1. The maximum atomic E-state index is 13.1. The summed E-state index contributed by atoms with van der Waals surface area (Å²) in [5.41, 5.74) is 0.504. The van der Waals surface area contributed by atoms with Gasteiger partial charge in [-0.2, -0.15) is 11.8 Å². The Morgan fingerprint density at radius 1 is 1.38 bits per heavy atom. The second kappa shape index (κ2) is 9.28. The molecule has 0 aromatic heterocycles. The second-order valence-corrected chi connectivity index (χ2v) is 7.25. The smallest absolute Gasteiger partial charge is 0.232 e. The molecule has 1 aliphatic rings. The number of anilines is 1. The van der Waals surface area contributed by atoms with Gasteiger partial charge in [-0.05, 0) is 49.6 Å². The molecule has 1 N–H and O–H groups in total. The first-order chi connectivity index (χ1) is 11.5. The third kappa shape index (κ3) is 5.67. The minimum atomic E-state index is -0.502. The highest BCUT2D eigenvalue weighted by Gasteiger charge is 2.22. The van der Waals surface area contributed by atoms with Crippen LogP contribution in [0.4, 0.5) is 10.1 Å². The zero-order chi connectivity index (χ0) is 17.5. The van der Waals surface area contributed by atoms with E-state index in [2.05, 4.69) is 5.32 Å². The number of amides is 2. The van der Waals surface area contributed by atoms with Gasteiger partial charge in [0, 0.05) is 25.2 Å². The van der Waals surface area contributed by atoms with Crippen molar-refractivity contribution in [1.29, 1.82) is 0 Å². The van der Waals surface area contributed by atoms with Crippen molar-refractivity contribution in [1.82, 2.24) is 4.90 Å². The van der Waals surface area contributed by atoms with Gasteiger partial charge in [0.15, 0.2) is 0 Å². The minimum Gasteiger partial charge on any atom is -0.342 e. The van der Waals surface area contributed by atoms with Crippen molar-refractivity contribution in [3.05, 3.63) is 29.0 Å². The zero-order valence-electron chi connectivity index (χ0n) is 13.7. The SMILES string of the molecule is CSCC(=O)N1CCC(CCC(=O)Nc2ccc(F)c(Cl)c2)CC1. The van der Waals surface area contributed by atoms with Gasteiger partial charge in [0.05, 0.1) is 10.8 Å². The van der Waals surface area contributed by atoms with Crippen LogP contribution in [0.2, 0.25) is 5.02 Å². The molecule has 0 radical (unpaired) electrons. The molecule has 1 aromatic rings. The first-order valence-corrected chi connectivity index (χ1v) is 9.78. The van der Waals surface area contributed by atoms with E-state index in [1.54, 1.807) is 11.8 Å². The molecule has 1 fully saturated rings. The van der Waals surface area contributed by atoms with Gasteiger partial charge in [-0.25, -0.2) is 4.39 Å². The number of piperidine rings is 1. The normalized spacial score (nSPS) is 15.4. The van der Waals surface area contributed by atoms with Gasteiger partial charge in [-0.15, -0.1) is 0 Å². The highest BCUT2D eigenvalue weighted by Crippen LogP contribution is 2.23. The summed E-state index contributed by atoms with van der Waals surface area (Å²) < 4.78 is 13.1. The molecular formula is C17H22ClFN2O2S. The topological polar surface area (TPSA) is 49.4 Å². The second-order valence-electron chi connectivity index (χ2n) is 5.97. The third-order valence-corrected chi connectivity index (χ3v) is 5.04. The number of carbonyl (C=O) groups is 2. The monoisotopic (exact) mass is 372 g/mol. The van der Waals surface area contributed by atoms with Crippen LogP contribution in [0.15, 0.2) is 18.2 Å². The molecular weight excluding hydrogens is 351 g/mol. The van der Waals surface area contributed by atoms with Crippen molar-refractivity contribution in [3.8, 4) is 0 Å². The summed E-state index contributed by atoms with van der Waals surface area (Å²) in [5.74, 6) is 0.599. The molecule has 132 valence electrons. The predicted octanol–water partition coefficient (Wildman–Crippen LogP) is 3.80. The molecule has 2 amide bonds. The highest BCUT2D eigenvalue weighted by molar-refractivity contribution is 7.99. The van der Waals surface area contributed by atoms with Gasteiger partial charge in [-0.3, -0.25) is 9.59 Å². The highest BCUT2D eigenvalue weighted by atomic mass is 35.5. The molecule has 7 heteroatoms. The molecule has 0 spiro atoms. The molecule has 24 heavy (non-hydrogen) atoms. The molecule has 1 heterocycles. The van der Waals surface area contributed by atoms with E-state index in [4.69, 9.17) is 11.6 Å². The van der Waals surface area contributed by atoms with Crippen molar-refractivity contribution in [3.63, 3.8) is 0 Å². The van der Waals surface area contributed by atoms with E-state index >= 15 is 0 Å². The number of carbonyl (C=O) groups excluding carboxylic acids is 2. The quantitative estimate of drug-likeness (QED) is 0.826. The fraction of sp³-hybridized carbons (Fsp3) is 0.529. The lowest BCUT2D eigenvalue weighted by atomic mass is 9.92. The fourth-order valence-electron chi connectivity index (χ4n) is 2.82. The van der Waals surface area contributed by atoms with Crippen LogP contribution in [-0.2, 0) is 9.59 Å². The number of halogens is 2.